The number of hydrogen-bond acceptors (Lipinski definition) is 8. The molecule has 4 aromatic carbocycles. The van der Waals surface area contributed by atoms with E-state index in [4.69, 9.17) is 9.47 Å². The Balaban J connectivity index is 1.25. The van der Waals surface area contributed by atoms with Crippen LogP contribution in [-0.2, 0) is 20.9 Å². The Morgan fingerprint density at radius 1 is 0.822 bits per heavy atom. The number of ether oxygens (including phenoxy) is 2. The van der Waals surface area contributed by atoms with Crippen LogP contribution in [0.3, 0.4) is 0 Å². The van der Waals surface area contributed by atoms with Crippen LogP contribution in [0.25, 0.3) is 10.8 Å². The first-order valence-electron chi connectivity index (χ1n) is 14.2. The number of thiazole rings is 1. The molecule has 0 aliphatic carbocycles. The minimum absolute atomic E-state index is 0.235. The maximum atomic E-state index is 14.1. The van der Waals surface area contributed by atoms with Crippen molar-refractivity contribution in [1.29, 1.82) is 0 Å². The van der Waals surface area contributed by atoms with Crippen LogP contribution in [0.15, 0.2) is 101 Å². The first kappa shape index (κ1) is 28.9. The van der Waals surface area contributed by atoms with Gasteiger partial charge in [0.15, 0.2) is 0 Å². The van der Waals surface area contributed by atoms with Gasteiger partial charge in [-0.2, -0.15) is 0 Å². The monoisotopic (exact) mass is 637 g/mol. The number of benzene rings is 4. The van der Waals surface area contributed by atoms with E-state index in [0.717, 1.165) is 27.7 Å². The van der Waals surface area contributed by atoms with Gasteiger partial charge >= 0.3 is 4.87 Å². The fourth-order valence-corrected chi connectivity index (χ4v) is 8.80. The lowest BCUT2D eigenvalue weighted by Crippen LogP contribution is -2.33. The minimum Gasteiger partial charge on any atom is -0.497 e. The van der Waals surface area contributed by atoms with Crippen molar-refractivity contribution >= 4 is 63.0 Å². The van der Waals surface area contributed by atoms with Crippen molar-refractivity contribution in [3.8, 4) is 11.5 Å². The largest absolute Gasteiger partial charge is 0.497 e. The molecule has 0 radical (unpaired) electrons. The summed E-state index contributed by atoms with van der Waals surface area (Å²) in [6.07, 6.45) is 0. The van der Waals surface area contributed by atoms with E-state index in [1.807, 2.05) is 54.6 Å². The van der Waals surface area contributed by atoms with E-state index < -0.39 is 17.1 Å². The maximum Gasteiger partial charge on any atom is 0.308 e. The lowest BCUT2D eigenvalue weighted by atomic mass is 9.83. The van der Waals surface area contributed by atoms with Crippen molar-refractivity contribution in [2.45, 2.75) is 22.7 Å². The smallest absolute Gasteiger partial charge is 0.308 e. The summed E-state index contributed by atoms with van der Waals surface area (Å²) in [6, 6.07) is 27.5. The summed E-state index contributed by atoms with van der Waals surface area (Å²) in [5.41, 5.74) is 1.84. The molecule has 0 saturated carbocycles. The van der Waals surface area contributed by atoms with Gasteiger partial charge in [-0.25, -0.2) is 4.90 Å². The molecule has 3 amide bonds. The van der Waals surface area contributed by atoms with Gasteiger partial charge < -0.3 is 14.8 Å². The van der Waals surface area contributed by atoms with Crippen LogP contribution in [0, 0.1) is 5.92 Å². The molecular weight excluding hydrogens is 611 g/mol. The third kappa shape index (κ3) is 5.07. The van der Waals surface area contributed by atoms with E-state index in [9.17, 15) is 19.2 Å². The Kier molecular flexibility index (Phi) is 7.42. The van der Waals surface area contributed by atoms with Crippen molar-refractivity contribution in [3.05, 3.63) is 111 Å². The van der Waals surface area contributed by atoms with Gasteiger partial charge in [0.25, 0.3) is 0 Å². The van der Waals surface area contributed by atoms with Crippen molar-refractivity contribution in [2.75, 3.05) is 24.4 Å². The lowest BCUT2D eigenvalue weighted by molar-refractivity contribution is -0.122. The van der Waals surface area contributed by atoms with Crippen LogP contribution in [0.1, 0.15) is 16.4 Å². The molecule has 5 aromatic rings. The van der Waals surface area contributed by atoms with Crippen LogP contribution in [0.2, 0.25) is 0 Å². The molecule has 1 saturated heterocycles. The number of anilines is 2. The van der Waals surface area contributed by atoms with Gasteiger partial charge in [-0.15, -0.1) is 0 Å². The third-order valence-electron chi connectivity index (χ3n) is 8.19. The molecule has 3 unspecified atom stereocenters. The number of hydrogen-bond donors (Lipinski definition) is 1. The minimum atomic E-state index is -0.789. The Hall–Kier alpha value is -4.87. The van der Waals surface area contributed by atoms with E-state index >= 15 is 0 Å². The number of amides is 3. The summed E-state index contributed by atoms with van der Waals surface area (Å²) in [7, 11) is 3.12. The number of methoxy groups -OCH3 is 2. The number of rotatable bonds is 7. The molecule has 45 heavy (non-hydrogen) atoms. The second-order valence-corrected chi connectivity index (χ2v) is 12.9. The Morgan fingerprint density at radius 2 is 1.49 bits per heavy atom. The molecule has 3 heterocycles. The molecule has 2 aliphatic rings. The number of fused-ring (bicyclic) bond motifs is 3. The predicted octanol–water partition coefficient (Wildman–Crippen LogP) is 5.51. The van der Waals surface area contributed by atoms with E-state index in [-0.39, 0.29) is 29.1 Å². The number of imide groups is 1. The Morgan fingerprint density at radius 3 is 2.18 bits per heavy atom. The van der Waals surface area contributed by atoms with Gasteiger partial charge in [0, 0.05) is 16.5 Å². The first-order chi connectivity index (χ1) is 21.9. The highest BCUT2D eigenvalue weighted by Gasteiger charge is 2.56. The first-order valence-corrected chi connectivity index (χ1v) is 15.9. The van der Waals surface area contributed by atoms with E-state index in [1.165, 1.54) is 21.2 Å². The summed E-state index contributed by atoms with van der Waals surface area (Å²) in [4.78, 5) is 56.3. The highest BCUT2D eigenvalue weighted by molar-refractivity contribution is 8.00. The number of thioether (sulfide) groups is 1. The molecule has 226 valence electrons. The number of aromatic nitrogens is 1. The molecule has 3 atom stereocenters. The van der Waals surface area contributed by atoms with Crippen molar-refractivity contribution in [2.24, 2.45) is 5.92 Å². The molecular formula is C34H27N3O6S2. The van der Waals surface area contributed by atoms with E-state index in [2.05, 4.69) is 5.32 Å². The van der Waals surface area contributed by atoms with Crippen LogP contribution in [0.5, 0.6) is 11.5 Å². The molecule has 0 bridgehead atoms. The summed E-state index contributed by atoms with van der Waals surface area (Å²) in [5, 5.41) is 4.67. The van der Waals surface area contributed by atoms with Gasteiger partial charge in [0.05, 0.1) is 30.9 Å². The summed E-state index contributed by atoms with van der Waals surface area (Å²) < 4.78 is 12.0. The quantitative estimate of drug-likeness (QED) is 0.235. The van der Waals surface area contributed by atoms with Crippen LogP contribution < -0.4 is 24.6 Å². The third-order valence-corrected chi connectivity index (χ3v) is 10.8. The highest BCUT2D eigenvalue weighted by atomic mass is 32.2. The molecule has 11 heteroatoms. The normalized spacial score (nSPS) is 18.9. The van der Waals surface area contributed by atoms with Gasteiger partial charge in [-0.05, 0) is 64.9 Å². The average Bonchev–Trinajstić information content (AvgIpc) is 3.50. The second-order valence-electron chi connectivity index (χ2n) is 10.8. The summed E-state index contributed by atoms with van der Waals surface area (Å²) in [5.74, 6) is -1.14. The zero-order valence-corrected chi connectivity index (χ0v) is 25.9. The second kappa shape index (κ2) is 11.6. The molecule has 1 fully saturated rings. The number of carbonyl (C=O) groups is 3. The Labute approximate surface area is 266 Å². The lowest BCUT2D eigenvalue weighted by Gasteiger charge is -2.30. The van der Waals surface area contributed by atoms with Crippen LogP contribution in [0.4, 0.5) is 11.4 Å². The van der Waals surface area contributed by atoms with E-state index in [0.29, 0.717) is 32.8 Å². The molecule has 2 aliphatic heterocycles. The molecule has 9 nitrogen and oxygen atoms in total. The molecule has 1 N–H and O–H groups in total. The summed E-state index contributed by atoms with van der Waals surface area (Å²) >= 11 is 2.19. The van der Waals surface area contributed by atoms with E-state index in [1.54, 1.807) is 50.6 Å². The Bertz CT molecular complexity index is 2020. The van der Waals surface area contributed by atoms with Crippen molar-refractivity contribution in [1.82, 2.24) is 4.57 Å². The molecule has 7 rings (SSSR count). The van der Waals surface area contributed by atoms with Gasteiger partial charge in [0.2, 0.25) is 17.7 Å². The predicted molar refractivity (Wildman–Crippen MR) is 175 cm³/mol. The van der Waals surface area contributed by atoms with Gasteiger partial charge in [0.1, 0.15) is 23.3 Å². The number of nitrogens with one attached hydrogen (secondary N) is 1. The molecule has 0 spiro atoms. The molecule has 1 aromatic heterocycles. The SMILES string of the molecule is COc1ccc(C2c3sc(=O)n(CC(=O)Nc4ccc5ccccc5c4)c3SC3C(=O)N(c4ccc(OC)cc4)C(=O)C32)cc1. The summed E-state index contributed by atoms with van der Waals surface area (Å²) in [6.45, 7) is -0.235. The fraction of sp³-hybridized carbons (Fsp3) is 0.176. The number of nitrogens with zero attached hydrogens (tertiary/aromatic N) is 2. The highest BCUT2D eigenvalue weighted by Crippen LogP contribution is 2.54. The van der Waals surface area contributed by atoms with Gasteiger partial charge in [-0.1, -0.05) is 65.6 Å². The van der Waals surface area contributed by atoms with Crippen LogP contribution in [-0.4, -0.2) is 41.8 Å². The maximum absolute atomic E-state index is 14.1. The zero-order chi connectivity index (χ0) is 31.2. The number of carbonyl (C=O) groups excluding carboxylic acids is 3. The fourth-order valence-electron chi connectivity index (χ4n) is 6.02. The van der Waals surface area contributed by atoms with Crippen LogP contribution >= 0.6 is 23.1 Å². The van der Waals surface area contributed by atoms with Gasteiger partial charge in [-0.3, -0.25) is 23.7 Å². The average molecular weight is 638 g/mol. The topological polar surface area (TPSA) is 107 Å². The van der Waals surface area contributed by atoms with Crippen molar-refractivity contribution in [3.63, 3.8) is 0 Å². The standard InChI is InChI=1S/C34H27N3O6S2/c1-42-24-13-8-20(9-14-24)27-28-29(32(40)37(31(28)39)23-11-15-25(43-2)16-12-23)44-33-30(27)45-34(41)36(33)18-26(38)35-22-10-7-19-5-3-4-6-21(19)17-22/h3-17,27-29H,18H2,1-2H3,(H,35,38). The zero-order valence-electron chi connectivity index (χ0n) is 24.3. The van der Waals surface area contributed by atoms with Crippen molar-refractivity contribution < 1.29 is 23.9 Å².